The number of rotatable bonds is 5. The molecule has 2 rings (SSSR count). The van der Waals surface area contributed by atoms with Crippen LogP contribution in [0.3, 0.4) is 0 Å². The van der Waals surface area contributed by atoms with Crippen LogP contribution < -0.4 is 5.32 Å². The molecule has 0 radical (unpaired) electrons. The number of ether oxygens (including phenoxy) is 1. The molecule has 0 fully saturated rings. The van der Waals surface area contributed by atoms with E-state index >= 15 is 0 Å². The highest BCUT2D eigenvalue weighted by atomic mass is 32.1. The first-order valence-corrected chi connectivity index (χ1v) is 7.40. The van der Waals surface area contributed by atoms with Crippen molar-refractivity contribution in [2.24, 2.45) is 0 Å². The molecule has 2 heterocycles. The van der Waals surface area contributed by atoms with Gasteiger partial charge in [0.15, 0.2) is 0 Å². The van der Waals surface area contributed by atoms with E-state index in [-0.39, 0.29) is 12.5 Å². The van der Waals surface area contributed by atoms with Crippen LogP contribution in [0.1, 0.15) is 45.2 Å². The number of anilines is 1. The Bertz CT molecular complexity index is 660. The van der Waals surface area contributed by atoms with Gasteiger partial charge in [-0.05, 0) is 26.3 Å². The van der Waals surface area contributed by atoms with Gasteiger partial charge in [0.05, 0.1) is 18.4 Å². The number of hydrogen-bond acceptors (Lipinski definition) is 6. The van der Waals surface area contributed by atoms with E-state index in [1.165, 1.54) is 17.5 Å². The number of carbonyl (C=O) groups excluding carboxylic acids is 2. The minimum absolute atomic E-state index is 0.286. The minimum atomic E-state index is -0.439. The molecule has 0 aromatic carbocycles. The number of aryl methyl sites for hydroxylation is 2. The van der Waals surface area contributed by atoms with Crippen molar-refractivity contribution in [3.05, 3.63) is 34.0 Å². The van der Waals surface area contributed by atoms with E-state index in [0.29, 0.717) is 21.9 Å². The predicted molar refractivity (Wildman–Crippen MR) is 78.8 cm³/mol. The Morgan fingerprint density at radius 3 is 2.71 bits per heavy atom. The molecule has 1 amide bonds. The SMILES string of the molecule is CCOC(=O)c1cc(CC)sc1NC(=O)c1cnoc1C. The molecule has 0 unspecified atom stereocenters. The van der Waals surface area contributed by atoms with Gasteiger partial charge in [0.25, 0.3) is 5.91 Å². The van der Waals surface area contributed by atoms with Crippen molar-refractivity contribution < 1.29 is 18.8 Å². The van der Waals surface area contributed by atoms with Crippen LogP contribution in [0.25, 0.3) is 0 Å². The van der Waals surface area contributed by atoms with Crippen LogP contribution in [0.4, 0.5) is 5.00 Å². The number of carbonyl (C=O) groups is 2. The molecule has 0 aliphatic carbocycles. The maximum absolute atomic E-state index is 12.2. The smallest absolute Gasteiger partial charge is 0.341 e. The highest BCUT2D eigenvalue weighted by molar-refractivity contribution is 7.16. The van der Waals surface area contributed by atoms with Crippen molar-refractivity contribution in [3.63, 3.8) is 0 Å². The summed E-state index contributed by atoms with van der Waals surface area (Å²) in [4.78, 5) is 25.1. The molecular weight excluding hydrogens is 292 g/mol. The van der Waals surface area contributed by atoms with Crippen molar-refractivity contribution in [3.8, 4) is 0 Å². The third kappa shape index (κ3) is 3.30. The van der Waals surface area contributed by atoms with Crippen LogP contribution in [-0.2, 0) is 11.2 Å². The van der Waals surface area contributed by atoms with Crippen LogP contribution in [0, 0.1) is 6.92 Å². The van der Waals surface area contributed by atoms with Gasteiger partial charge in [-0.25, -0.2) is 4.79 Å². The van der Waals surface area contributed by atoms with Gasteiger partial charge in [0.2, 0.25) is 0 Å². The standard InChI is InChI=1S/C14H16N2O4S/c1-4-9-6-10(14(18)19-5-2)13(21-9)16-12(17)11-7-15-20-8(11)3/h6-7H,4-5H2,1-3H3,(H,16,17). The van der Waals surface area contributed by atoms with E-state index in [1.807, 2.05) is 6.92 Å². The van der Waals surface area contributed by atoms with Gasteiger partial charge in [0, 0.05) is 4.88 Å². The first-order chi connectivity index (χ1) is 10.1. The summed E-state index contributed by atoms with van der Waals surface area (Å²) >= 11 is 1.36. The van der Waals surface area contributed by atoms with Crippen LogP contribution >= 0.6 is 11.3 Å². The zero-order valence-corrected chi connectivity index (χ0v) is 12.9. The summed E-state index contributed by atoms with van der Waals surface area (Å²) in [6.45, 7) is 5.66. The Kier molecular flexibility index (Phi) is 4.74. The summed E-state index contributed by atoms with van der Waals surface area (Å²) < 4.78 is 9.87. The highest BCUT2D eigenvalue weighted by Crippen LogP contribution is 2.30. The Labute approximate surface area is 126 Å². The minimum Gasteiger partial charge on any atom is -0.462 e. The largest absolute Gasteiger partial charge is 0.462 e. The third-order valence-electron chi connectivity index (χ3n) is 2.85. The van der Waals surface area contributed by atoms with E-state index < -0.39 is 5.97 Å². The average Bonchev–Trinajstić information content (AvgIpc) is 3.05. The first kappa shape index (κ1) is 15.2. The molecule has 0 saturated carbocycles. The summed E-state index contributed by atoms with van der Waals surface area (Å²) in [7, 11) is 0. The quantitative estimate of drug-likeness (QED) is 0.859. The molecule has 7 heteroatoms. The molecule has 0 aliphatic rings. The van der Waals surface area contributed by atoms with Gasteiger partial charge < -0.3 is 14.6 Å². The maximum atomic E-state index is 12.2. The molecule has 2 aromatic heterocycles. The molecule has 6 nitrogen and oxygen atoms in total. The lowest BCUT2D eigenvalue weighted by molar-refractivity contribution is 0.0528. The second-order valence-corrected chi connectivity index (χ2v) is 5.42. The molecule has 0 aliphatic heterocycles. The molecule has 2 aromatic rings. The molecule has 21 heavy (non-hydrogen) atoms. The number of hydrogen-bond donors (Lipinski definition) is 1. The fourth-order valence-electron chi connectivity index (χ4n) is 1.76. The lowest BCUT2D eigenvalue weighted by Crippen LogP contribution is -2.14. The Morgan fingerprint density at radius 1 is 1.38 bits per heavy atom. The van der Waals surface area contributed by atoms with Crippen molar-refractivity contribution in [2.45, 2.75) is 27.2 Å². The fraction of sp³-hybridized carbons (Fsp3) is 0.357. The third-order valence-corrected chi connectivity index (χ3v) is 4.04. The summed E-state index contributed by atoms with van der Waals surface area (Å²) in [6.07, 6.45) is 2.13. The summed E-state index contributed by atoms with van der Waals surface area (Å²) in [5.74, 6) is -0.368. The van der Waals surface area contributed by atoms with Gasteiger partial charge >= 0.3 is 5.97 Å². The number of nitrogens with zero attached hydrogens (tertiary/aromatic N) is 1. The zero-order chi connectivity index (χ0) is 15.4. The molecule has 0 saturated heterocycles. The van der Waals surface area contributed by atoms with Crippen LogP contribution in [-0.4, -0.2) is 23.6 Å². The van der Waals surface area contributed by atoms with Gasteiger partial charge in [-0.3, -0.25) is 4.79 Å². The maximum Gasteiger partial charge on any atom is 0.341 e. The average molecular weight is 308 g/mol. The summed E-state index contributed by atoms with van der Waals surface area (Å²) in [5, 5.41) is 6.78. The van der Waals surface area contributed by atoms with Crippen LogP contribution in [0.5, 0.6) is 0 Å². The first-order valence-electron chi connectivity index (χ1n) is 6.59. The molecule has 0 atom stereocenters. The van der Waals surface area contributed by atoms with E-state index in [1.54, 1.807) is 19.9 Å². The molecule has 0 bridgehead atoms. The van der Waals surface area contributed by atoms with Gasteiger partial charge in [-0.1, -0.05) is 12.1 Å². The lowest BCUT2D eigenvalue weighted by atomic mass is 10.2. The van der Waals surface area contributed by atoms with Crippen LogP contribution in [0.15, 0.2) is 16.8 Å². The summed E-state index contributed by atoms with van der Waals surface area (Å²) in [5.41, 5.74) is 0.720. The van der Waals surface area contributed by atoms with Crippen molar-refractivity contribution in [1.29, 1.82) is 0 Å². The molecular formula is C14H16N2O4S. The molecule has 0 spiro atoms. The van der Waals surface area contributed by atoms with E-state index in [0.717, 1.165) is 11.3 Å². The number of nitrogens with one attached hydrogen (secondary N) is 1. The normalized spacial score (nSPS) is 10.4. The number of amides is 1. The Balaban J connectivity index is 2.26. The lowest BCUT2D eigenvalue weighted by Gasteiger charge is -2.05. The van der Waals surface area contributed by atoms with E-state index in [9.17, 15) is 9.59 Å². The van der Waals surface area contributed by atoms with Crippen LogP contribution in [0.2, 0.25) is 0 Å². The fourth-order valence-corrected chi connectivity index (χ4v) is 2.74. The number of esters is 1. The topological polar surface area (TPSA) is 81.4 Å². The van der Waals surface area contributed by atoms with Crippen molar-refractivity contribution in [2.75, 3.05) is 11.9 Å². The van der Waals surface area contributed by atoms with Gasteiger partial charge in [0.1, 0.15) is 16.3 Å². The number of thiophene rings is 1. The second-order valence-electron chi connectivity index (χ2n) is 4.28. The molecule has 1 N–H and O–H groups in total. The second kappa shape index (κ2) is 6.53. The Hall–Kier alpha value is -2.15. The van der Waals surface area contributed by atoms with E-state index in [2.05, 4.69) is 10.5 Å². The number of aromatic nitrogens is 1. The predicted octanol–water partition coefficient (Wildman–Crippen LogP) is 3.04. The van der Waals surface area contributed by atoms with Crippen molar-refractivity contribution >= 4 is 28.2 Å². The van der Waals surface area contributed by atoms with E-state index in [4.69, 9.17) is 9.26 Å². The van der Waals surface area contributed by atoms with Crippen molar-refractivity contribution in [1.82, 2.24) is 5.16 Å². The van der Waals surface area contributed by atoms with Gasteiger partial charge in [-0.2, -0.15) is 0 Å². The monoisotopic (exact) mass is 308 g/mol. The summed E-state index contributed by atoms with van der Waals surface area (Å²) in [6, 6.07) is 1.75. The van der Waals surface area contributed by atoms with Gasteiger partial charge in [-0.15, -0.1) is 11.3 Å². The highest BCUT2D eigenvalue weighted by Gasteiger charge is 2.20. The zero-order valence-electron chi connectivity index (χ0n) is 12.1. The Morgan fingerprint density at radius 2 is 2.14 bits per heavy atom. The molecule has 112 valence electrons.